The Bertz CT molecular complexity index is 1010. The maximum absolute atomic E-state index is 14.9. The van der Waals surface area contributed by atoms with E-state index in [0.29, 0.717) is 5.56 Å². The van der Waals surface area contributed by atoms with Crippen molar-refractivity contribution < 1.29 is 9.18 Å². The van der Waals surface area contributed by atoms with Crippen LogP contribution in [0.3, 0.4) is 0 Å². The SMILES string of the molecule is C=CC(=O)N(C)c1ccc(-c2ccc(-c3ccc(CCCCC)cc3)cc2F)cc1. The van der Waals surface area contributed by atoms with Crippen LogP contribution in [0.2, 0.25) is 0 Å². The lowest BCUT2D eigenvalue weighted by atomic mass is 9.98. The van der Waals surface area contributed by atoms with Gasteiger partial charge in [-0.2, -0.15) is 0 Å². The fourth-order valence-electron chi connectivity index (χ4n) is 3.50. The van der Waals surface area contributed by atoms with E-state index in [0.717, 1.165) is 28.8 Å². The number of hydrogen-bond donors (Lipinski definition) is 0. The fraction of sp³-hybridized carbons (Fsp3) is 0.222. The number of unbranched alkanes of at least 4 members (excludes halogenated alkanes) is 2. The molecule has 0 saturated carbocycles. The minimum Gasteiger partial charge on any atom is -0.312 e. The van der Waals surface area contributed by atoms with Gasteiger partial charge >= 0.3 is 0 Å². The number of anilines is 1. The topological polar surface area (TPSA) is 20.3 Å². The Balaban J connectivity index is 1.77. The predicted molar refractivity (Wildman–Crippen MR) is 124 cm³/mol. The van der Waals surface area contributed by atoms with Gasteiger partial charge in [-0.25, -0.2) is 4.39 Å². The van der Waals surface area contributed by atoms with Crippen LogP contribution in [0.5, 0.6) is 0 Å². The Kier molecular flexibility index (Phi) is 7.18. The summed E-state index contributed by atoms with van der Waals surface area (Å²) in [5.41, 5.74) is 5.25. The average Bonchev–Trinajstić information content (AvgIpc) is 2.79. The molecule has 3 heteroatoms. The number of rotatable bonds is 8. The van der Waals surface area contributed by atoms with Gasteiger partial charge in [-0.3, -0.25) is 4.79 Å². The van der Waals surface area contributed by atoms with Gasteiger partial charge in [0.15, 0.2) is 0 Å². The van der Waals surface area contributed by atoms with Crippen LogP contribution in [0.25, 0.3) is 22.3 Å². The van der Waals surface area contributed by atoms with Crippen LogP contribution in [0, 0.1) is 5.82 Å². The first-order valence-electron chi connectivity index (χ1n) is 10.4. The number of carbonyl (C=O) groups excluding carboxylic acids is 1. The molecule has 0 N–H and O–H groups in total. The van der Waals surface area contributed by atoms with E-state index in [1.54, 1.807) is 25.2 Å². The average molecular weight is 402 g/mol. The third kappa shape index (κ3) is 5.04. The highest BCUT2D eigenvalue weighted by atomic mass is 19.1. The van der Waals surface area contributed by atoms with E-state index in [4.69, 9.17) is 0 Å². The van der Waals surface area contributed by atoms with E-state index in [2.05, 4.69) is 37.8 Å². The van der Waals surface area contributed by atoms with Crippen molar-refractivity contribution in [3.8, 4) is 22.3 Å². The fourth-order valence-corrected chi connectivity index (χ4v) is 3.50. The second-order valence-corrected chi connectivity index (χ2v) is 7.50. The zero-order valence-corrected chi connectivity index (χ0v) is 17.7. The van der Waals surface area contributed by atoms with Gasteiger partial charge in [0.2, 0.25) is 5.91 Å². The van der Waals surface area contributed by atoms with Crippen molar-refractivity contribution in [2.24, 2.45) is 0 Å². The summed E-state index contributed by atoms with van der Waals surface area (Å²) < 4.78 is 14.9. The third-order valence-electron chi connectivity index (χ3n) is 5.40. The standard InChI is InChI=1S/C27H28FNO/c1-4-6-7-8-20-9-11-21(12-10-20)23-15-18-25(26(28)19-23)22-13-16-24(17-14-22)29(3)27(30)5-2/h5,9-19H,2,4,6-8H2,1,3H3. The number of amides is 1. The second kappa shape index (κ2) is 10.0. The molecule has 1 amide bonds. The molecule has 2 nitrogen and oxygen atoms in total. The molecule has 0 aliphatic rings. The van der Waals surface area contributed by atoms with Crippen LogP contribution in [0.15, 0.2) is 79.4 Å². The van der Waals surface area contributed by atoms with Crippen molar-refractivity contribution in [2.45, 2.75) is 32.6 Å². The van der Waals surface area contributed by atoms with Gasteiger partial charge in [0, 0.05) is 18.3 Å². The van der Waals surface area contributed by atoms with Crippen LogP contribution in [0.4, 0.5) is 10.1 Å². The van der Waals surface area contributed by atoms with Crippen molar-refractivity contribution in [3.63, 3.8) is 0 Å². The van der Waals surface area contributed by atoms with Gasteiger partial charge in [-0.05, 0) is 59.4 Å². The molecule has 0 atom stereocenters. The summed E-state index contributed by atoms with van der Waals surface area (Å²) in [6.07, 6.45) is 6.02. The Morgan fingerprint density at radius 3 is 2.17 bits per heavy atom. The minimum atomic E-state index is -0.261. The molecule has 0 unspecified atom stereocenters. The molecule has 0 aliphatic carbocycles. The molecule has 3 aromatic carbocycles. The highest BCUT2D eigenvalue weighted by Crippen LogP contribution is 2.29. The van der Waals surface area contributed by atoms with Crippen LogP contribution in [-0.4, -0.2) is 13.0 Å². The Morgan fingerprint density at radius 2 is 1.57 bits per heavy atom. The van der Waals surface area contributed by atoms with Crippen LogP contribution in [0.1, 0.15) is 31.7 Å². The van der Waals surface area contributed by atoms with Gasteiger partial charge in [0.1, 0.15) is 5.82 Å². The maximum atomic E-state index is 14.9. The number of nitrogens with zero attached hydrogens (tertiary/aromatic N) is 1. The van der Waals surface area contributed by atoms with E-state index >= 15 is 0 Å². The van der Waals surface area contributed by atoms with E-state index < -0.39 is 0 Å². The number of carbonyl (C=O) groups is 1. The zero-order chi connectivity index (χ0) is 21.5. The first-order valence-corrected chi connectivity index (χ1v) is 10.4. The van der Waals surface area contributed by atoms with E-state index in [1.807, 2.05) is 24.3 Å². The molecule has 0 spiro atoms. The van der Waals surface area contributed by atoms with Crippen molar-refractivity contribution >= 4 is 11.6 Å². The number of benzene rings is 3. The van der Waals surface area contributed by atoms with Crippen LogP contribution in [-0.2, 0) is 11.2 Å². The Labute approximate surface area is 178 Å². The van der Waals surface area contributed by atoms with Crippen LogP contribution < -0.4 is 4.90 Å². The highest BCUT2D eigenvalue weighted by Gasteiger charge is 2.10. The number of hydrogen-bond acceptors (Lipinski definition) is 1. The summed E-state index contributed by atoms with van der Waals surface area (Å²) in [5, 5.41) is 0. The quantitative estimate of drug-likeness (QED) is 0.293. The maximum Gasteiger partial charge on any atom is 0.250 e. The molecular formula is C27H28FNO. The molecule has 0 aliphatic heterocycles. The monoisotopic (exact) mass is 401 g/mol. The van der Waals surface area contributed by atoms with Gasteiger partial charge < -0.3 is 4.90 Å². The lowest BCUT2D eigenvalue weighted by Gasteiger charge is -2.15. The summed E-state index contributed by atoms with van der Waals surface area (Å²) in [6, 6.07) is 21.0. The molecule has 3 rings (SSSR count). The van der Waals surface area contributed by atoms with Crippen molar-refractivity contribution in [1.29, 1.82) is 0 Å². The first-order chi connectivity index (χ1) is 14.5. The zero-order valence-electron chi connectivity index (χ0n) is 17.7. The minimum absolute atomic E-state index is 0.185. The first kappa shape index (κ1) is 21.5. The summed E-state index contributed by atoms with van der Waals surface area (Å²) in [7, 11) is 1.68. The van der Waals surface area contributed by atoms with Crippen molar-refractivity contribution in [3.05, 3.63) is 90.8 Å². The Morgan fingerprint density at radius 1 is 0.933 bits per heavy atom. The van der Waals surface area contributed by atoms with E-state index in [-0.39, 0.29) is 11.7 Å². The third-order valence-corrected chi connectivity index (χ3v) is 5.40. The molecule has 0 bridgehead atoms. The summed E-state index contributed by atoms with van der Waals surface area (Å²) in [5.74, 6) is -0.447. The molecular weight excluding hydrogens is 373 g/mol. The van der Waals surface area contributed by atoms with Crippen LogP contribution >= 0.6 is 0 Å². The Hall–Kier alpha value is -3.20. The number of aryl methyl sites for hydroxylation is 1. The lowest BCUT2D eigenvalue weighted by Crippen LogP contribution is -2.23. The molecule has 0 saturated heterocycles. The summed E-state index contributed by atoms with van der Waals surface area (Å²) in [4.78, 5) is 13.2. The molecule has 0 fully saturated rings. The number of halogens is 1. The predicted octanol–water partition coefficient (Wildman–Crippen LogP) is 7.04. The smallest absolute Gasteiger partial charge is 0.250 e. The molecule has 0 heterocycles. The van der Waals surface area contributed by atoms with Gasteiger partial charge in [-0.15, -0.1) is 0 Å². The molecule has 30 heavy (non-hydrogen) atoms. The summed E-state index contributed by atoms with van der Waals surface area (Å²) in [6.45, 7) is 5.70. The van der Waals surface area contributed by atoms with Gasteiger partial charge in [0.05, 0.1) is 0 Å². The summed E-state index contributed by atoms with van der Waals surface area (Å²) >= 11 is 0. The van der Waals surface area contributed by atoms with Crippen molar-refractivity contribution in [1.82, 2.24) is 0 Å². The second-order valence-electron chi connectivity index (χ2n) is 7.50. The molecule has 0 radical (unpaired) electrons. The van der Waals surface area contributed by atoms with Gasteiger partial charge in [-0.1, -0.05) is 74.9 Å². The van der Waals surface area contributed by atoms with E-state index in [9.17, 15) is 9.18 Å². The normalized spacial score (nSPS) is 10.6. The highest BCUT2D eigenvalue weighted by molar-refractivity contribution is 6.00. The van der Waals surface area contributed by atoms with Gasteiger partial charge in [0.25, 0.3) is 0 Å². The molecule has 0 aromatic heterocycles. The molecule has 154 valence electrons. The van der Waals surface area contributed by atoms with Crippen molar-refractivity contribution in [2.75, 3.05) is 11.9 Å². The lowest BCUT2D eigenvalue weighted by molar-refractivity contribution is -0.113. The van der Waals surface area contributed by atoms with E-state index in [1.165, 1.54) is 35.8 Å². The largest absolute Gasteiger partial charge is 0.312 e. The molecule has 3 aromatic rings. The number of likely N-dealkylation sites (N-methyl/N-ethyl adjacent to an activating group) is 1.